The number of nitrogens with zero attached hydrogens (tertiary/aromatic N) is 2. The lowest BCUT2D eigenvalue weighted by Crippen LogP contribution is -2.48. The molecular formula is C28H36N4O5S2. The Morgan fingerprint density at radius 2 is 1.82 bits per heavy atom. The molecule has 0 aliphatic carbocycles. The molecule has 1 unspecified atom stereocenters. The van der Waals surface area contributed by atoms with Crippen LogP contribution in [0.2, 0.25) is 0 Å². The topological polar surface area (TPSA) is 121 Å². The number of benzene rings is 1. The van der Waals surface area contributed by atoms with E-state index >= 15 is 0 Å². The van der Waals surface area contributed by atoms with Crippen LogP contribution in [0.15, 0.2) is 36.5 Å². The molecule has 4 rings (SSSR count). The number of H-pyrrole nitrogens is 1. The molecule has 1 spiro atoms. The first-order valence-electron chi connectivity index (χ1n) is 13.3. The number of imidazole rings is 1. The van der Waals surface area contributed by atoms with E-state index in [-0.39, 0.29) is 28.7 Å². The van der Waals surface area contributed by atoms with Crippen LogP contribution in [0.5, 0.6) is 0 Å². The van der Waals surface area contributed by atoms with Gasteiger partial charge < -0.3 is 14.6 Å². The minimum absolute atomic E-state index is 0.126. The van der Waals surface area contributed by atoms with Crippen molar-refractivity contribution in [2.45, 2.75) is 75.0 Å². The molecule has 9 nitrogen and oxygen atoms in total. The quantitative estimate of drug-likeness (QED) is 0.436. The highest BCUT2D eigenvalue weighted by molar-refractivity contribution is 8.21. The SMILES string of the molecule is CC(C)(C)OC(=O)CCC(=O)NC(=O)C1CC2(CN1C(=O)c1ncc(CCCc3ccccc3)[nH]1)SCCS2. The number of carbonyl (C=O) groups is 4. The normalized spacial score (nSPS) is 18.3. The zero-order chi connectivity index (χ0) is 28.0. The summed E-state index contributed by atoms with van der Waals surface area (Å²) in [6.45, 7) is 5.65. The molecule has 1 atom stereocenters. The Kier molecular flexibility index (Phi) is 9.43. The maximum atomic E-state index is 13.5. The second kappa shape index (κ2) is 12.6. The summed E-state index contributed by atoms with van der Waals surface area (Å²) in [5.41, 5.74) is 1.48. The van der Waals surface area contributed by atoms with Gasteiger partial charge in [-0.2, -0.15) is 0 Å². The molecule has 1 aromatic carbocycles. The standard InChI is InChI=1S/C28H36N4O5S2/c1-27(2,3)37-23(34)13-12-22(33)31-25(35)21-16-28(38-14-15-39-28)18-32(21)26(36)24-29-17-20(30-24)11-7-10-19-8-5-4-6-9-19/h4-6,8-9,17,21H,7,10-16,18H2,1-3H3,(H,29,30)(H,31,33,35). The molecule has 2 aromatic rings. The summed E-state index contributed by atoms with van der Waals surface area (Å²) in [4.78, 5) is 60.2. The molecule has 1 aromatic heterocycles. The van der Waals surface area contributed by atoms with Crippen LogP contribution in [0.3, 0.4) is 0 Å². The van der Waals surface area contributed by atoms with E-state index in [9.17, 15) is 19.2 Å². The van der Waals surface area contributed by atoms with Crippen LogP contribution >= 0.6 is 23.5 Å². The number of likely N-dealkylation sites (tertiary alicyclic amines) is 1. The molecule has 2 saturated heterocycles. The average Bonchev–Trinajstić information content (AvgIpc) is 3.63. The monoisotopic (exact) mass is 572 g/mol. The fraction of sp³-hybridized carbons (Fsp3) is 0.536. The van der Waals surface area contributed by atoms with Crippen LogP contribution in [0.1, 0.15) is 68.3 Å². The van der Waals surface area contributed by atoms with Gasteiger partial charge in [-0.25, -0.2) is 4.98 Å². The second-order valence-electron chi connectivity index (χ2n) is 10.9. The zero-order valence-corrected chi connectivity index (χ0v) is 24.3. The van der Waals surface area contributed by atoms with E-state index in [1.807, 2.05) is 18.2 Å². The third-order valence-corrected chi connectivity index (χ3v) is 9.92. The van der Waals surface area contributed by atoms with Crippen molar-refractivity contribution in [3.63, 3.8) is 0 Å². The zero-order valence-electron chi connectivity index (χ0n) is 22.7. The minimum Gasteiger partial charge on any atom is -0.460 e. The first-order valence-corrected chi connectivity index (χ1v) is 15.2. The molecule has 11 heteroatoms. The predicted molar refractivity (Wildman–Crippen MR) is 152 cm³/mol. The van der Waals surface area contributed by atoms with Gasteiger partial charge in [-0.3, -0.25) is 24.5 Å². The van der Waals surface area contributed by atoms with Gasteiger partial charge in [0.15, 0.2) is 5.82 Å². The highest BCUT2D eigenvalue weighted by Gasteiger charge is 2.52. The molecule has 2 N–H and O–H groups in total. The molecule has 2 aliphatic rings. The number of hydrogen-bond acceptors (Lipinski definition) is 8. The molecule has 0 bridgehead atoms. The van der Waals surface area contributed by atoms with E-state index in [1.165, 1.54) is 10.5 Å². The Balaban J connectivity index is 1.36. The van der Waals surface area contributed by atoms with Crippen molar-refractivity contribution in [1.82, 2.24) is 20.2 Å². The van der Waals surface area contributed by atoms with E-state index in [0.29, 0.717) is 13.0 Å². The van der Waals surface area contributed by atoms with Gasteiger partial charge >= 0.3 is 5.97 Å². The highest BCUT2D eigenvalue weighted by atomic mass is 32.2. The van der Waals surface area contributed by atoms with Crippen LogP contribution in [-0.2, 0) is 32.0 Å². The van der Waals surface area contributed by atoms with Crippen LogP contribution < -0.4 is 5.32 Å². The lowest BCUT2D eigenvalue weighted by atomic mass is 10.1. The van der Waals surface area contributed by atoms with Crippen LogP contribution in [0.25, 0.3) is 0 Å². The third kappa shape index (κ3) is 8.11. The van der Waals surface area contributed by atoms with Crippen LogP contribution in [-0.4, -0.2) is 72.3 Å². The number of aromatic nitrogens is 2. The number of aryl methyl sites for hydroxylation is 2. The molecule has 3 heterocycles. The molecule has 2 aliphatic heterocycles. The Hall–Kier alpha value is -2.79. The summed E-state index contributed by atoms with van der Waals surface area (Å²) in [5, 5.41) is 2.40. The van der Waals surface area contributed by atoms with Gasteiger partial charge in [0.25, 0.3) is 5.91 Å². The maximum absolute atomic E-state index is 13.5. The summed E-state index contributed by atoms with van der Waals surface area (Å²) in [6, 6.07) is 9.43. The first-order chi connectivity index (χ1) is 18.5. The average molecular weight is 573 g/mol. The fourth-order valence-electron chi connectivity index (χ4n) is 4.74. The van der Waals surface area contributed by atoms with Crippen LogP contribution in [0, 0.1) is 0 Å². The van der Waals surface area contributed by atoms with Crippen molar-refractivity contribution in [1.29, 1.82) is 0 Å². The lowest BCUT2D eigenvalue weighted by Gasteiger charge is -2.23. The van der Waals surface area contributed by atoms with Gasteiger partial charge in [0.2, 0.25) is 11.8 Å². The van der Waals surface area contributed by atoms with E-state index < -0.39 is 29.4 Å². The van der Waals surface area contributed by atoms with Gasteiger partial charge in [0.1, 0.15) is 11.6 Å². The van der Waals surface area contributed by atoms with Crippen LogP contribution in [0.4, 0.5) is 0 Å². The molecule has 0 saturated carbocycles. The molecule has 39 heavy (non-hydrogen) atoms. The fourth-order valence-corrected chi connectivity index (χ4v) is 8.00. The minimum atomic E-state index is -0.798. The number of ether oxygens (including phenoxy) is 1. The number of nitrogens with one attached hydrogen (secondary N) is 2. The van der Waals surface area contributed by atoms with Gasteiger partial charge in [-0.05, 0) is 45.6 Å². The Bertz CT molecular complexity index is 1190. The number of aromatic amines is 1. The van der Waals surface area contributed by atoms with Crippen molar-refractivity contribution >= 4 is 47.2 Å². The first kappa shape index (κ1) is 29.2. The summed E-state index contributed by atoms with van der Waals surface area (Å²) in [7, 11) is 0. The smallest absolute Gasteiger partial charge is 0.306 e. The molecule has 2 fully saturated rings. The highest BCUT2D eigenvalue weighted by Crippen LogP contribution is 2.52. The molecule has 3 amide bonds. The number of thioether (sulfide) groups is 2. The van der Waals surface area contributed by atoms with E-state index in [4.69, 9.17) is 4.74 Å². The predicted octanol–water partition coefficient (Wildman–Crippen LogP) is 3.74. The van der Waals surface area contributed by atoms with Crippen molar-refractivity contribution in [2.75, 3.05) is 18.1 Å². The number of esters is 1. The largest absolute Gasteiger partial charge is 0.460 e. The van der Waals surface area contributed by atoms with Gasteiger partial charge in [0.05, 0.1) is 10.5 Å². The number of carbonyl (C=O) groups excluding carboxylic acids is 4. The summed E-state index contributed by atoms with van der Waals surface area (Å²) in [5.74, 6) is 0.142. The molecule has 210 valence electrons. The summed E-state index contributed by atoms with van der Waals surface area (Å²) in [6.07, 6.45) is 4.43. The summed E-state index contributed by atoms with van der Waals surface area (Å²) >= 11 is 3.51. The van der Waals surface area contributed by atoms with Crippen molar-refractivity contribution < 1.29 is 23.9 Å². The third-order valence-electron chi connectivity index (χ3n) is 6.49. The van der Waals surface area contributed by atoms with Crippen molar-refractivity contribution in [2.24, 2.45) is 0 Å². The maximum Gasteiger partial charge on any atom is 0.306 e. The lowest BCUT2D eigenvalue weighted by molar-refractivity contribution is -0.156. The van der Waals surface area contributed by atoms with Crippen molar-refractivity contribution in [3.05, 3.63) is 53.6 Å². The Labute approximate surface area is 237 Å². The number of rotatable bonds is 9. The van der Waals surface area contributed by atoms with Gasteiger partial charge in [-0.1, -0.05) is 30.3 Å². The van der Waals surface area contributed by atoms with Gasteiger partial charge in [0, 0.05) is 42.8 Å². The van der Waals surface area contributed by atoms with E-state index in [2.05, 4.69) is 27.4 Å². The van der Waals surface area contributed by atoms with Gasteiger partial charge in [-0.15, -0.1) is 23.5 Å². The number of imide groups is 1. The van der Waals surface area contributed by atoms with Crippen molar-refractivity contribution in [3.8, 4) is 0 Å². The van der Waals surface area contributed by atoms with E-state index in [0.717, 1.165) is 36.5 Å². The number of amides is 3. The molecule has 0 radical (unpaired) electrons. The Morgan fingerprint density at radius 1 is 1.10 bits per heavy atom. The number of hydrogen-bond donors (Lipinski definition) is 2. The summed E-state index contributed by atoms with van der Waals surface area (Å²) < 4.78 is 4.95. The molecular weight excluding hydrogens is 536 g/mol. The van der Waals surface area contributed by atoms with E-state index in [1.54, 1.807) is 50.5 Å². The Morgan fingerprint density at radius 3 is 2.51 bits per heavy atom. The second-order valence-corrected chi connectivity index (χ2v) is 14.1.